The van der Waals surface area contributed by atoms with Crippen molar-refractivity contribution in [2.24, 2.45) is 0 Å². The van der Waals surface area contributed by atoms with Gasteiger partial charge in [0, 0.05) is 0 Å². The van der Waals surface area contributed by atoms with Gasteiger partial charge in [0.25, 0.3) is 0 Å². The van der Waals surface area contributed by atoms with E-state index in [2.05, 4.69) is 0 Å². The molecule has 4 N–H and O–H groups in total. The molecule has 1 aliphatic rings. The smallest absolute Gasteiger partial charge is 0.154 e. The molecular formula is C6H11O5. The Hall–Kier alpha value is -0.200. The maximum Gasteiger partial charge on any atom is 0.154 e. The molecule has 1 aliphatic heterocycles. The van der Waals surface area contributed by atoms with Crippen LogP contribution in [0.2, 0.25) is 0 Å². The van der Waals surface area contributed by atoms with Gasteiger partial charge in [-0.3, -0.25) is 0 Å². The zero-order valence-electron chi connectivity index (χ0n) is 5.84. The average molecular weight is 163 g/mol. The van der Waals surface area contributed by atoms with Crippen LogP contribution in [-0.4, -0.2) is 52.0 Å². The van der Waals surface area contributed by atoms with Gasteiger partial charge < -0.3 is 25.2 Å². The minimum atomic E-state index is -1.18. The first-order valence-corrected chi connectivity index (χ1v) is 3.31. The molecule has 5 heteroatoms. The van der Waals surface area contributed by atoms with E-state index < -0.39 is 24.9 Å². The lowest BCUT2D eigenvalue weighted by atomic mass is 10.1. The Labute approximate surface area is 63.8 Å². The third kappa shape index (κ3) is 1.52. The Morgan fingerprint density at radius 1 is 1.27 bits per heavy atom. The summed E-state index contributed by atoms with van der Waals surface area (Å²) < 4.78 is 4.80. The first-order valence-electron chi connectivity index (χ1n) is 3.31. The van der Waals surface area contributed by atoms with Gasteiger partial charge in [-0.25, -0.2) is 0 Å². The Kier molecular flexibility index (Phi) is 2.80. The number of aliphatic hydroxyl groups excluding tert-OH is 4. The van der Waals surface area contributed by atoms with Crippen LogP contribution in [0.5, 0.6) is 0 Å². The highest BCUT2D eigenvalue weighted by Gasteiger charge is 2.42. The normalized spacial score (nSPS) is 39.8. The van der Waals surface area contributed by atoms with Crippen molar-refractivity contribution in [3.05, 3.63) is 6.10 Å². The van der Waals surface area contributed by atoms with Gasteiger partial charge in [0.15, 0.2) is 6.10 Å². The lowest BCUT2D eigenvalue weighted by Gasteiger charge is -2.10. The highest BCUT2D eigenvalue weighted by Crippen LogP contribution is 2.25. The SMILES string of the molecule is OC[C]1O[C@H](CO)[C@@H](O)[C@H]1O. The van der Waals surface area contributed by atoms with Crippen molar-refractivity contribution in [2.75, 3.05) is 13.2 Å². The molecule has 3 atom stereocenters. The molecule has 0 aromatic rings. The van der Waals surface area contributed by atoms with E-state index in [0.717, 1.165) is 0 Å². The fourth-order valence-electron chi connectivity index (χ4n) is 1.00. The van der Waals surface area contributed by atoms with Crippen LogP contribution in [0, 0.1) is 6.10 Å². The molecule has 1 rings (SSSR count). The Balaban J connectivity index is 2.53. The minimum Gasteiger partial charge on any atom is -0.394 e. The topological polar surface area (TPSA) is 90.2 Å². The van der Waals surface area contributed by atoms with E-state index in [0.29, 0.717) is 0 Å². The summed E-state index contributed by atoms with van der Waals surface area (Å²) in [5.74, 6) is 0. The minimum absolute atomic E-state index is 0.0107. The molecule has 65 valence electrons. The molecule has 0 aromatic carbocycles. The van der Waals surface area contributed by atoms with Gasteiger partial charge in [0.05, 0.1) is 13.2 Å². The number of rotatable bonds is 2. The molecule has 0 aliphatic carbocycles. The molecule has 1 radical (unpaired) electrons. The van der Waals surface area contributed by atoms with Crippen LogP contribution in [0.1, 0.15) is 0 Å². The molecule has 0 spiro atoms. The summed E-state index contributed by atoms with van der Waals surface area (Å²) in [7, 11) is 0. The molecule has 0 aromatic heterocycles. The third-order valence-corrected chi connectivity index (χ3v) is 1.67. The van der Waals surface area contributed by atoms with Crippen molar-refractivity contribution < 1.29 is 25.2 Å². The largest absolute Gasteiger partial charge is 0.394 e. The maximum atomic E-state index is 9.09. The van der Waals surface area contributed by atoms with Crippen molar-refractivity contribution >= 4 is 0 Å². The summed E-state index contributed by atoms with van der Waals surface area (Å²) in [6.45, 7) is -0.809. The standard InChI is InChI=1S/C6H11O5/c7-1-3-5(9)6(10)4(2-8)11-3/h3,5-10H,1-2H2/t3-,5-,6+/m1/s1. The second-order valence-corrected chi connectivity index (χ2v) is 2.40. The van der Waals surface area contributed by atoms with E-state index in [1.165, 1.54) is 0 Å². The summed E-state index contributed by atoms with van der Waals surface area (Å²) in [4.78, 5) is 0. The van der Waals surface area contributed by atoms with Crippen molar-refractivity contribution in [1.29, 1.82) is 0 Å². The van der Waals surface area contributed by atoms with E-state index in [1.807, 2.05) is 0 Å². The van der Waals surface area contributed by atoms with Gasteiger partial charge in [0.2, 0.25) is 0 Å². The zero-order valence-corrected chi connectivity index (χ0v) is 5.84. The Morgan fingerprint density at radius 3 is 2.18 bits per heavy atom. The summed E-state index contributed by atoms with van der Waals surface area (Å²) in [6, 6.07) is 0. The lowest BCUT2D eigenvalue weighted by Crippen LogP contribution is -2.32. The van der Waals surface area contributed by atoms with E-state index >= 15 is 0 Å². The molecule has 11 heavy (non-hydrogen) atoms. The highest BCUT2D eigenvalue weighted by atomic mass is 16.6. The average Bonchev–Trinajstić information content (AvgIpc) is 2.30. The molecule has 1 saturated heterocycles. The summed E-state index contributed by atoms with van der Waals surface area (Å²) in [6.07, 6.45) is -3.12. The van der Waals surface area contributed by atoms with E-state index in [4.69, 9.17) is 25.2 Å². The van der Waals surface area contributed by atoms with Crippen molar-refractivity contribution in [2.45, 2.75) is 18.3 Å². The van der Waals surface area contributed by atoms with Gasteiger partial charge in [-0.2, -0.15) is 0 Å². The van der Waals surface area contributed by atoms with Crippen LogP contribution in [0.15, 0.2) is 0 Å². The first-order chi connectivity index (χ1) is 5.20. The molecule has 1 heterocycles. The summed E-state index contributed by atoms with van der Waals surface area (Å²) >= 11 is 0. The molecule has 0 bridgehead atoms. The molecule has 0 saturated carbocycles. The van der Waals surface area contributed by atoms with Crippen LogP contribution in [0.3, 0.4) is 0 Å². The van der Waals surface area contributed by atoms with Crippen molar-refractivity contribution in [3.8, 4) is 0 Å². The molecule has 0 unspecified atom stereocenters. The zero-order chi connectivity index (χ0) is 8.43. The molecular weight excluding hydrogens is 152 g/mol. The second kappa shape index (κ2) is 3.46. The highest BCUT2D eigenvalue weighted by molar-refractivity contribution is 5.01. The van der Waals surface area contributed by atoms with Crippen LogP contribution >= 0.6 is 0 Å². The number of aliphatic hydroxyl groups is 4. The predicted molar refractivity (Wildman–Crippen MR) is 34.3 cm³/mol. The van der Waals surface area contributed by atoms with Crippen LogP contribution < -0.4 is 0 Å². The number of ether oxygens (including phenoxy) is 1. The predicted octanol–water partition coefficient (Wildman–Crippen LogP) is -2.38. The van der Waals surface area contributed by atoms with Gasteiger partial charge >= 0.3 is 0 Å². The number of hydrogen-bond donors (Lipinski definition) is 4. The fourth-order valence-corrected chi connectivity index (χ4v) is 1.00. The van der Waals surface area contributed by atoms with Crippen molar-refractivity contribution in [1.82, 2.24) is 0 Å². The Morgan fingerprint density at radius 2 is 1.91 bits per heavy atom. The van der Waals surface area contributed by atoms with Gasteiger partial charge in [0.1, 0.15) is 18.3 Å². The van der Waals surface area contributed by atoms with Gasteiger partial charge in [-0.1, -0.05) is 0 Å². The maximum absolute atomic E-state index is 9.09. The van der Waals surface area contributed by atoms with E-state index in [1.54, 1.807) is 0 Å². The quantitative estimate of drug-likeness (QED) is 0.365. The number of hydrogen-bond acceptors (Lipinski definition) is 5. The molecule has 1 fully saturated rings. The second-order valence-electron chi connectivity index (χ2n) is 2.40. The Bertz CT molecular complexity index is 110. The van der Waals surface area contributed by atoms with Gasteiger partial charge in [-0.15, -0.1) is 0 Å². The summed E-state index contributed by atoms with van der Waals surface area (Å²) in [5, 5.41) is 35.3. The fraction of sp³-hybridized carbons (Fsp3) is 0.833. The molecule has 0 amide bonds. The first kappa shape index (κ1) is 8.89. The van der Waals surface area contributed by atoms with E-state index in [-0.39, 0.29) is 12.7 Å². The van der Waals surface area contributed by atoms with Crippen LogP contribution in [-0.2, 0) is 4.74 Å². The third-order valence-electron chi connectivity index (χ3n) is 1.67. The van der Waals surface area contributed by atoms with Crippen molar-refractivity contribution in [3.63, 3.8) is 0 Å². The van der Waals surface area contributed by atoms with Crippen LogP contribution in [0.25, 0.3) is 0 Å². The van der Waals surface area contributed by atoms with E-state index in [9.17, 15) is 0 Å². The monoisotopic (exact) mass is 163 g/mol. The summed E-state index contributed by atoms with van der Waals surface area (Å²) in [5.41, 5.74) is 0. The lowest BCUT2D eigenvalue weighted by molar-refractivity contribution is -0.00787. The van der Waals surface area contributed by atoms with Gasteiger partial charge in [-0.05, 0) is 0 Å². The molecule has 5 nitrogen and oxygen atoms in total. The van der Waals surface area contributed by atoms with Crippen LogP contribution in [0.4, 0.5) is 0 Å².